The predicted octanol–water partition coefficient (Wildman–Crippen LogP) is 10.5. The van der Waals surface area contributed by atoms with Crippen LogP contribution in [0.5, 0.6) is 0 Å². The van der Waals surface area contributed by atoms with Gasteiger partial charge in [-0.1, -0.05) is 121 Å². The maximum Gasteiger partial charge on any atom is 0.211 e. The van der Waals surface area contributed by atoms with E-state index in [0.29, 0.717) is 5.84 Å². The number of benzene rings is 7. The number of amidine groups is 1. The van der Waals surface area contributed by atoms with E-state index < -0.39 is 6.17 Å². The molecule has 1 aliphatic heterocycles. The largest absolute Gasteiger partial charge is 0.456 e. The van der Waals surface area contributed by atoms with E-state index in [0.717, 1.165) is 61.2 Å². The fraction of sp³-hybridized carbons (Fsp3) is 0.0233. The van der Waals surface area contributed by atoms with E-state index in [-0.39, 0.29) is 0 Å². The lowest BCUT2D eigenvalue weighted by Crippen LogP contribution is -2.37. The molecule has 3 heterocycles. The van der Waals surface area contributed by atoms with Gasteiger partial charge in [-0.25, -0.2) is 4.99 Å². The van der Waals surface area contributed by atoms with Crippen LogP contribution in [0.15, 0.2) is 172 Å². The van der Waals surface area contributed by atoms with Crippen LogP contribution < -0.4 is 5.32 Å². The van der Waals surface area contributed by atoms with Crippen LogP contribution in [0.3, 0.4) is 0 Å². The first-order valence-corrected chi connectivity index (χ1v) is 16.2. The molecular formula is C43H28N4O. The van der Waals surface area contributed by atoms with E-state index >= 15 is 0 Å². The van der Waals surface area contributed by atoms with Crippen molar-refractivity contribution in [3.63, 3.8) is 0 Å². The van der Waals surface area contributed by atoms with E-state index in [9.17, 15) is 0 Å². The summed E-state index contributed by atoms with van der Waals surface area (Å²) in [6.45, 7) is 0. The highest BCUT2D eigenvalue weighted by atomic mass is 16.3. The van der Waals surface area contributed by atoms with Crippen LogP contribution in [0.1, 0.15) is 17.3 Å². The molecule has 0 amide bonds. The SMILES string of the molecule is c1ccc(C2=NC(c3cccc4oc5cc(-c6ccc7ccccc7c6)ccc5c34)NC(n3c4ccccc4c4ccccc43)=N2)cc1. The minimum atomic E-state index is -0.405. The Morgan fingerprint density at radius 2 is 1.21 bits per heavy atom. The summed E-state index contributed by atoms with van der Waals surface area (Å²) in [5.74, 6) is 1.41. The van der Waals surface area contributed by atoms with Crippen molar-refractivity contribution in [2.75, 3.05) is 0 Å². The number of hydrogen-bond acceptors (Lipinski definition) is 4. The van der Waals surface area contributed by atoms with Crippen molar-refractivity contribution < 1.29 is 4.42 Å². The first-order chi connectivity index (χ1) is 23.8. The molecule has 0 saturated heterocycles. The van der Waals surface area contributed by atoms with Gasteiger partial charge in [0.25, 0.3) is 0 Å². The summed E-state index contributed by atoms with van der Waals surface area (Å²) in [4.78, 5) is 10.4. The van der Waals surface area contributed by atoms with Gasteiger partial charge in [0.1, 0.15) is 17.3 Å². The van der Waals surface area contributed by atoms with Gasteiger partial charge >= 0.3 is 0 Å². The topological polar surface area (TPSA) is 54.8 Å². The molecule has 7 aromatic carbocycles. The summed E-state index contributed by atoms with van der Waals surface area (Å²) in [6.07, 6.45) is -0.405. The smallest absolute Gasteiger partial charge is 0.211 e. The van der Waals surface area contributed by atoms with Crippen molar-refractivity contribution in [3.05, 3.63) is 169 Å². The van der Waals surface area contributed by atoms with Crippen LogP contribution in [0.25, 0.3) is 65.6 Å². The van der Waals surface area contributed by atoms with E-state index in [4.69, 9.17) is 14.4 Å². The molecule has 0 spiro atoms. The van der Waals surface area contributed by atoms with Crippen molar-refractivity contribution in [3.8, 4) is 11.1 Å². The molecule has 10 rings (SSSR count). The van der Waals surface area contributed by atoms with Gasteiger partial charge in [-0.2, -0.15) is 4.99 Å². The van der Waals surface area contributed by atoms with Crippen molar-refractivity contribution in [2.24, 2.45) is 9.98 Å². The summed E-state index contributed by atoms with van der Waals surface area (Å²) in [5.41, 5.74) is 8.14. The molecule has 5 heteroatoms. The van der Waals surface area contributed by atoms with Crippen molar-refractivity contribution in [1.82, 2.24) is 9.88 Å². The van der Waals surface area contributed by atoms with Gasteiger partial charge in [0.15, 0.2) is 5.84 Å². The zero-order valence-corrected chi connectivity index (χ0v) is 25.8. The number of aromatic nitrogens is 1. The van der Waals surface area contributed by atoms with E-state index in [1.165, 1.54) is 21.5 Å². The maximum atomic E-state index is 6.55. The van der Waals surface area contributed by atoms with Crippen LogP contribution in [-0.2, 0) is 0 Å². The average Bonchev–Trinajstić information content (AvgIpc) is 3.70. The highest BCUT2D eigenvalue weighted by Crippen LogP contribution is 2.38. The van der Waals surface area contributed by atoms with E-state index in [1.807, 2.05) is 24.3 Å². The average molecular weight is 617 g/mol. The number of furan rings is 1. The molecule has 0 fully saturated rings. The second-order valence-electron chi connectivity index (χ2n) is 12.3. The second-order valence-corrected chi connectivity index (χ2v) is 12.3. The van der Waals surface area contributed by atoms with Crippen LogP contribution in [0, 0.1) is 0 Å². The Morgan fingerprint density at radius 3 is 2.02 bits per heavy atom. The number of rotatable bonds is 3. The number of fused-ring (bicyclic) bond motifs is 7. The Bertz CT molecular complexity index is 2720. The lowest BCUT2D eigenvalue weighted by atomic mass is 9.99. The molecule has 0 saturated carbocycles. The lowest BCUT2D eigenvalue weighted by molar-refractivity contribution is 0.657. The molecule has 0 radical (unpaired) electrons. The molecule has 2 aromatic heterocycles. The molecule has 0 bridgehead atoms. The third-order valence-electron chi connectivity index (χ3n) is 9.46. The zero-order chi connectivity index (χ0) is 31.6. The highest BCUT2D eigenvalue weighted by molar-refractivity contribution is 6.17. The Hall–Kier alpha value is -6.46. The standard InChI is InChI=1S/C43H28N4O/c1-2-12-28(13-3-1)41-44-42(46-43(45-41)47-36-18-8-6-15-32(36)33-16-7-9-19-37(33)47)35-17-10-20-38-40(35)34-24-23-31(26-39(34)48-38)30-22-21-27-11-4-5-14-29(27)25-30/h1-26,42H,(H,44,45,46). The fourth-order valence-electron chi connectivity index (χ4n) is 7.21. The first kappa shape index (κ1) is 26.7. The summed E-state index contributed by atoms with van der Waals surface area (Å²) < 4.78 is 8.77. The van der Waals surface area contributed by atoms with Gasteiger partial charge in [0.05, 0.1) is 11.0 Å². The fourth-order valence-corrected chi connectivity index (χ4v) is 7.21. The number of hydrogen-bond donors (Lipinski definition) is 1. The quantitative estimate of drug-likeness (QED) is 0.215. The number of nitrogens with one attached hydrogen (secondary N) is 1. The molecular weight excluding hydrogens is 589 g/mol. The minimum Gasteiger partial charge on any atom is -0.456 e. The number of aliphatic imine (C=N–C) groups is 2. The summed E-state index contributed by atoms with van der Waals surface area (Å²) >= 11 is 0. The monoisotopic (exact) mass is 616 g/mol. The van der Waals surface area contributed by atoms with E-state index in [2.05, 4.69) is 143 Å². The van der Waals surface area contributed by atoms with Crippen LogP contribution >= 0.6 is 0 Å². The van der Waals surface area contributed by atoms with Crippen LogP contribution in [0.4, 0.5) is 0 Å². The Kier molecular flexibility index (Phi) is 5.87. The molecule has 1 unspecified atom stereocenters. The first-order valence-electron chi connectivity index (χ1n) is 16.2. The molecule has 1 atom stereocenters. The van der Waals surface area contributed by atoms with Gasteiger partial charge in [-0.3, -0.25) is 4.57 Å². The summed E-state index contributed by atoms with van der Waals surface area (Å²) in [6, 6.07) is 55.0. The highest BCUT2D eigenvalue weighted by Gasteiger charge is 2.26. The van der Waals surface area contributed by atoms with Crippen molar-refractivity contribution in [2.45, 2.75) is 6.17 Å². The van der Waals surface area contributed by atoms with Gasteiger partial charge in [-0.05, 0) is 58.3 Å². The van der Waals surface area contributed by atoms with Crippen molar-refractivity contribution in [1.29, 1.82) is 0 Å². The summed E-state index contributed by atoms with van der Waals surface area (Å²) in [7, 11) is 0. The Morgan fingerprint density at radius 1 is 0.521 bits per heavy atom. The molecule has 0 aliphatic carbocycles. The lowest BCUT2D eigenvalue weighted by Gasteiger charge is -2.25. The van der Waals surface area contributed by atoms with Gasteiger partial charge in [-0.15, -0.1) is 0 Å². The minimum absolute atomic E-state index is 0.405. The Labute approximate surface area is 276 Å². The normalized spacial score (nSPS) is 14.9. The van der Waals surface area contributed by atoms with Gasteiger partial charge < -0.3 is 9.73 Å². The molecule has 226 valence electrons. The molecule has 1 N–H and O–H groups in total. The van der Waals surface area contributed by atoms with Crippen LogP contribution in [0.2, 0.25) is 0 Å². The van der Waals surface area contributed by atoms with Crippen LogP contribution in [-0.4, -0.2) is 16.4 Å². The molecule has 48 heavy (non-hydrogen) atoms. The number of para-hydroxylation sites is 2. The molecule has 9 aromatic rings. The zero-order valence-electron chi connectivity index (χ0n) is 25.8. The van der Waals surface area contributed by atoms with E-state index in [1.54, 1.807) is 0 Å². The number of nitrogens with zero attached hydrogens (tertiary/aromatic N) is 3. The third-order valence-corrected chi connectivity index (χ3v) is 9.46. The van der Waals surface area contributed by atoms with Crippen molar-refractivity contribution >= 4 is 66.3 Å². The van der Waals surface area contributed by atoms with Gasteiger partial charge in [0.2, 0.25) is 5.96 Å². The molecule has 1 aliphatic rings. The third kappa shape index (κ3) is 4.18. The maximum absolute atomic E-state index is 6.55. The predicted molar refractivity (Wildman–Crippen MR) is 198 cm³/mol. The van der Waals surface area contributed by atoms with Gasteiger partial charge in [0, 0.05) is 32.7 Å². The second kappa shape index (κ2) is 10.5. The summed E-state index contributed by atoms with van der Waals surface area (Å²) in [5, 5.41) is 10.7. The Balaban J connectivity index is 1.14. The molecule has 5 nitrogen and oxygen atoms in total.